The fourth-order valence-electron chi connectivity index (χ4n) is 5.75. The van der Waals surface area contributed by atoms with E-state index in [1.54, 1.807) is 41.5 Å². The van der Waals surface area contributed by atoms with Crippen LogP contribution in [-0.4, -0.2) is 96.9 Å². The summed E-state index contributed by atoms with van der Waals surface area (Å²) >= 11 is 0. The number of likely N-dealkylation sites (tertiary alicyclic amines) is 2. The van der Waals surface area contributed by atoms with Gasteiger partial charge in [0.25, 0.3) is 0 Å². The van der Waals surface area contributed by atoms with Gasteiger partial charge in [0.15, 0.2) is 12.5 Å². The maximum absolute atomic E-state index is 13.0. The second kappa shape index (κ2) is 10.2. The van der Waals surface area contributed by atoms with E-state index >= 15 is 0 Å². The highest BCUT2D eigenvalue weighted by atomic mass is 16.6. The zero-order valence-corrected chi connectivity index (χ0v) is 23.4. The molecule has 0 aromatic heterocycles. The van der Waals surface area contributed by atoms with Gasteiger partial charge in [0.05, 0.1) is 10.8 Å². The number of piperidine rings is 2. The second-order valence-electron chi connectivity index (χ2n) is 13.0. The average molecular weight is 539 g/mol. The van der Waals surface area contributed by atoms with E-state index in [4.69, 9.17) is 18.9 Å². The van der Waals surface area contributed by atoms with Crippen molar-refractivity contribution >= 4 is 24.1 Å². The van der Waals surface area contributed by atoms with E-state index in [2.05, 4.69) is 10.6 Å². The molecule has 0 saturated carbocycles. The van der Waals surface area contributed by atoms with Gasteiger partial charge in [-0.25, -0.2) is 19.2 Å². The van der Waals surface area contributed by atoms with E-state index < -0.39 is 58.6 Å². The van der Waals surface area contributed by atoms with Crippen LogP contribution in [0, 0.1) is 10.8 Å². The molecule has 214 valence electrons. The first-order chi connectivity index (χ1) is 17.6. The minimum atomic E-state index is -1.21. The number of carbonyl (C=O) groups excluding carboxylic acids is 4. The summed E-state index contributed by atoms with van der Waals surface area (Å²) in [5, 5.41) is 6.59. The van der Waals surface area contributed by atoms with Crippen LogP contribution in [0.3, 0.4) is 0 Å². The Bertz CT molecular complexity index is 868. The molecule has 4 atom stereocenters. The largest absolute Gasteiger partial charge is 0.444 e. The molecule has 12 nitrogen and oxygen atoms in total. The fourth-order valence-corrected chi connectivity index (χ4v) is 5.75. The molecule has 4 rings (SSSR count). The number of amides is 2. The second-order valence-corrected chi connectivity index (χ2v) is 13.0. The summed E-state index contributed by atoms with van der Waals surface area (Å²) < 4.78 is 22.2. The van der Waals surface area contributed by atoms with Crippen LogP contribution in [0.4, 0.5) is 9.59 Å². The third-order valence-corrected chi connectivity index (χ3v) is 7.45. The van der Waals surface area contributed by atoms with Crippen LogP contribution in [0.25, 0.3) is 0 Å². The molecule has 0 aromatic rings. The van der Waals surface area contributed by atoms with Gasteiger partial charge in [0, 0.05) is 26.2 Å². The minimum Gasteiger partial charge on any atom is -0.444 e. The maximum Gasteiger partial charge on any atom is 0.419 e. The van der Waals surface area contributed by atoms with Gasteiger partial charge in [-0.2, -0.15) is 0 Å². The lowest BCUT2D eigenvalue weighted by atomic mass is 9.72. The predicted molar refractivity (Wildman–Crippen MR) is 135 cm³/mol. The lowest BCUT2D eigenvalue weighted by Gasteiger charge is -2.57. The van der Waals surface area contributed by atoms with Gasteiger partial charge in [0.2, 0.25) is 0 Å². The third kappa shape index (κ3) is 5.85. The molecule has 12 heteroatoms. The lowest BCUT2D eigenvalue weighted by molar-refractivity contribution is -0.235. The van der Waals surface area contributed by atoms with Crippen LogP contribution in [0.2, 0.25) is 0 Å². The molecule has 4 aliphatic rings. The van der Waals surface area contributed by atoms with E-state index in [0.29, 0.717) is 26.2 Å². The van der Waals surface area contributed by atoms with E-state index in [1.807, 2.05) is 0 Å². The predicted octanol–water partition coefficient (Wildman–Crippen LogP) is 1.97. The third-order valence-electron chi connectivity index (χ3n) is 7.45. The molecule has 4 fully saturated rings. The molecule has 0 aliphatic carbocycles. The van der Waals surface area contributed by atoms with Crippen molar-refractivity contribution < 1.29 is 38.1 Å². The van der Waals surface area contributed by atoms with Crippen LogP contribution in [0.15, 0.2) is 0 Å². The fraction of sp³-hybridized carbons (Fsp3) is 0.846. The van der Waals surface area contributed by atoms with Crippen LogP contribution in [-0.2, 0) is 28.5 Å². The Balaban J connectivity index is 1.46. The van der Waals surface area contributed by atoms with Crippen molar-refractivity contribution in [2.75, 3.05) is 39.3 Å². The first-order valence-electron chi connectivity index (χ1n) is 13.5. The average Bonchev–Trinajstić information content (AvgIpc) is 2.81. The number of nitrogens with one attached hydrogen (secondary N) is 2. The van der Waals surface area contributed by atoms with Crippen molar-refractivity contribution in [3.63, 3.8) is 0 Å². The van der Waals surface area contributed by atoms with Gasteiger partial charge >= 0.3 is 24.1 Å². The molecule has 0 radical (unpaired) electrons. The summed E-state index contributed by atoms with van der Waals surface area (Å²) in [7, 11) is 0. The molecular formula is C26H42N4O8. The van der Waals surface area contributed by atoms with Crippen molar-refractivity contribution in [2.45, 2.75) is 90.9 Å². The SMILES string of the molecule is CC(C)(C)OC(=O)N1CC2(CCCNC2)C1OC(=O)C(=O)OC1N(C(=O)OC(C)(C)C)CC12CCCNC2. The number of hydrogen-bond acceptors (Lipinski definition) is 10. The summed E-state index contributed by atoms with van der Waals surface area (Å²) in [6.45, 7) is 14.0. The number of nitrogens with zero attached hydrogens (tertiary/aromatic N) is 2. The summed E-state index contributed by atoms with van der Waals surface area (Å²) in [5.74, 6) is -2.41. The van der Waals surface area contributed by atoms with Crippen LogP contribution in [0.1, 0.15) is 67.2 Å². The van der Waals surface area contributed by atoms with E-state index in [-0.39, 0.29) is 0 Å². The molecular weight excluding hydrogens is 496 g/mol. The lowest BCUT2D eigenvalue weighted by Crippen LogP contribution is -2.73. The zero-order chi connectivity index (χ0) is 27.9. The molecule has 38 heavy (non-hydrogen) atoms. The molecule has 0 bridgehead atoms. The van der Waals surface area contributed by atoms with Gasteiger partial charge < -0.3 is 29.6 Å². The standard InChI is InChI=1S/C26H42N4O8/c1-23(2,3)37-21(33)29-15-25(9-7-11-27-13-25)19(29)35-17(31)18(32)36-20-26(10-8-12-28-14-26)16-30(20)22(34)38-24(4,5)6/h19-20,27-28H,7-16H2,1-6H3. The minimum absolute atomic E-state index is 0.353. The topological polar surface area (TPSA) is 136 Å². The Hall–Kier alpha value is -2.60. The van der Waals surface area contributed by atoms with Gasteiger partial charge in [-0.05, 0) is 80.3 Å². The van der Waals surface area contributed by atoms with Crippen LogP contribution < -0.4 is 10.6 Å². The molecule has 0 aromatic carbocycles. The number of esters is 2. The van der Waals surface area contributed by atoms with Gasteiger partial charge in [-0.1, -0.05) is 0 Å². The quantitative estimate of drug-likeness (QED) is 0.305. The molecule has 4 saturated heterocycles. The summed E-state index contributed by atoms with van der Waals surface area (Å²) in [6.07, 6.45) is 0.0282. The van der Waals surface area contributed by atoms with Crippen molar-refractivity contribution in [2.24, 2.45) is 10.8 Å². The normalized spacial score (nSPS) is 31.2. The highest BCUT2D eigenvalue weighted by Crippen LogP contribution is 2.46. The first kappa shape index (κ1) is 28.4. The number of rotatable bonds is 2. The monoisotopic (exact) mass is 538 g/mol. The number of hydrogen-bond donors (Lipinski definition) is 2. The van der Waals surface area contributed by atoms with E-state index in [9.17, 15) is 19.2 Å². The number of carbonyl (C=O) groups is 4. The molecule has 2 N–H and O–H groups in total. The van der Waals surface area contributed by atoms with Crippen molar-refractivity contribution in [3.8, 4) is 0 Å². The van der Waals surface area contributed by atoms with Crippen molar-refractivity contribution in [3.05, 3.63) is 0 Å². The molecule has 4 heterocycles. The van der Waals surface area contributed by atoms with E-state index in [0.717, 1.165) is 38.8 Å². The Morgan fingerprint density at radius 3 is 1.34 bits per heavy atom. The van der Waals surface area contributed by atoms with Gasteiger partial charge in [0.1, 0.15) is 11.2 Å². The Morgan fingerprint density at radius 1 is 0.684 bits per heavy atom. The molecule has 2 spiro atoms. The van der Waals surface area contributed by atoms with Crippen LogP contribution >= 0.6 is 0 Å². The van der Waals surface area contributed by atoms with Gasteiger partial charge in [-0.15, -0.1) is 0 Å². The van der Waals surface area contributed by atoms with Crippen molar-refractivity contribution in [1.82, 2.24) is 20.4 Å². The van der Waals surface area contributed by atoms with E-state index in [1.165, 1.54) is 9.80 Å². The highest BCUT2D eigenvalue weighted by Gasteiger charge is 2.61. The van der Waals surface area contributed by atoms with Gasteiger partial charge in [-0.3, -0.25) is 9.80 Å². The Kier molecular flexibility index (Phi) is 7.61. The molecule has 4 aliphatic heterocycles. The number of ether oxygens (including phenoxy) is 4. The summed E-state index contributed by atoms with van der Waals surface area (Å²) in [4.78, 5) is 54.4. The summed E-state index contributed by atoms with van der Waals surface area (Å²) in [5.41, 5.74) is -2.46. The first-order valence-corrected chi connectivity index (χ1v) is 13.5. The molecule has 2 amide bonds. The summed E-state index contributed by atoms with van der Waals surface area (Å²) in [6, 6.07) is 0. The molecule has 4 unspecified atom stereocenters. The Labute approximate surface area is 224 Å². The Morgan fingerprint density at radius 2 is 1.05 bits per heavy atom. The van der Waals surface area contributed by atoms with Crippen LogP contribution in [0.5, 0.6) is 0 Å². The van der Waals surface area contributed by atoms with Crippen molar-refractivity contribution in [1.29, 1.82) is 0 Å². The maximum atomic E-state index is 13.0. The highest BCUT2D eigenvalue weighted by molar-refractivity contribution is 6.29. The smallest absolute Gasteiger partial charge is 0.419 e. The zero-order valence-electron chi connectivity index (χ0n) is 23.4.